The fraction of sp³-hybridized carbons (Fsp3) is 1.00. The fourth-order valence-corrected chi connectivity index (χ4v) is 0.830. The summed E-state index contributed by atoms with van der Waals surface area (Å²) in [6.45, 7) is -1.07. The van der Waals surface area contributed by atoms with Gasteiger partial charge in [-0.1, -0.05) is 0 Å². The highest BCUT2D eigenvalue weighted by atomic mass is 32.3. The second kappa shape index (κ2) is 4.83. The summed E-state index contributed by atoms with van der Waals surface area (Å²) in [6.07, 6.45) is 0. The SMILES string of the molecule is COS(=O)(=O)OCOS(=O)(=O)CO. The summed E-state index contributed by atoms with van der Waals surface area (Å²) in [6, 6.07) is 0. The number of hydrogen-bond acceptors (Lipinski definition) is 8. The lowest BCUT2D eigenvalue weighted by Crippen LogP contribution is -2.16. The van der Waals surface area contributed by atoms with E-state index in [2.05, 4.69) is 12.5 Å². The molecule has 0 atom stereocenters. The monoisotopic (exact) mass is 236 g/mol. The maximum absolute atomic E-state index is 10.4. The Morgan fingerprint density at radius 3 is 2.08 bits per heavy atom. The summed E-state index contributed by atoms with van der Waals surface area (Å²) in [5.74, 6) is -1.26. The second-order valence-corrected chi connectivity index (χ2v) is 4.61. The van der Waals surface area contributed by atoms with E-state index < -0.39 is 33.2 Å². The summed E-state index contributed by atoms with van der Waals surface area (Å²) in [4.78, 5) is 0. The van der Waals surface area contributed by atoms with Gasteiger partial charge in [-0.05, 0) is 0 Å². The molecule has 1 N–H and O–H groups in total. The quantitative estimate of drug-likeness (QED) is 0.422. The van der Waals surface area contributed by atoms with Crippen molar-refractivity contribution in [3.8, 4) is 0 Å². The molecule has 10 heteroatoms. The molecule has 0 bridgehead atoms. The minimum absolute atomic E-state index is 0.829. The molecule has 0 aromatic carbocycles. The van der Waals surface area contributed by atoms with Gasteiger partial charge in [0.15, 0.2) is 12.7 Å². The molecule has 0 heterocycles. The summed E-state index contributed by atoms with van der Waals surface area (Å²) in [7, 11) is -7.53. The predicted octanol–water partition coefficient (Wildman–Crippen LogP) is -1.85. The normalized spacial score (nSPS) is 13.1. The van der Waals surface area contributed by atoms with Crippen molar-refractivity contribution in [1.82, 2.24) is 0 Å². The highest BCUT2D eigenvalue weighted by Gasteiger charge is 2.13. The van der Waals surface area contributed by atoms with Crippen LogP contribution < -0.4 is 0 Å². The smallest absolute Gasteiger partial charge is 0.378 e. The van der Waals surface area contributed by atoms with Gasteiger partial charge in [0, 0.05) is 0 Å². The number of rotatable bonds is 6. The van der Waals surface area contributed by atoms with E-state index in [0.29, 0.717) is 0 Å². The van der Waals surface area contributed by atoms with Crippen LogP contribution in [0.2, 0.25) is 0 Å². The summed E-state index contributed by atoms with van der Waals surface area (Å²) >= 11 is 0. The minimum Gasteiger partial charge on any atom is -0.378 e. The molecule has 0 amide bonds. The summed E-state index contributed by atoms with van der Waals surface area (Å²) < 4.78 is 53.1. The van der Waals surface area contributed by atoms with Gasteiger partial charge in [0.25, 0.3) is 10.1 Å². The van der Waals surface area contributed by atoms with E-state index in [-0.39, 0.29) is 0 Å². The van der Waals surface area contributed by atoms with Gasteiger partial charge in [0.05, 0.1) is 7.11 Å². The molecule has 80 valence electrons. The van der Waals surface area contributed by atoms with E-state index in [1.807, 2.05) is 0 Å². The number of aliphatic hydroxyl groups is 1. The van der Waals surface area contributed by atoms with Crippen molar-refractivity contribution >= 4 is 20.5 Å². The van der Waals surface area contributed by atoms with Crippen LogP contribution in [0.25, 0.3) is 0 Å². The van der Waals surface area contributed by atoms with Gasteiger partial charge >= 0.3 is 10.4 Å². The van der Waals surface area contributed by atoms with E-state index in [9.17, 15) is 16.8 Å². The molecule has 0 saturated heterocycles. The van der Waals surface area contributed by atoms with Crippen molar-refractivity contribution in [2.45, 2.75) is 0 Å². The second-order valence-electron chi connectivity index (χ2n) is 1.62. The topological polar surface area (TPSA) is 116 Å². The van der Waals surface area contributed by atoms with Gasteiger partial charge in [-0.3, -0.25) is 4.18 Å². The first-order valence-corrected chi connectivity index (χ1v) is 5.67. The molecule has 0 aliphatic carbocycles. The minimum atomic E-state index is -4.22. The summed E-state index contributed by atoms with van der Waals surface area (Å²) in [5, 5.41) is 8.13. The lowest BCUT2D eigenvalue weighted by Gasteiger charge is -2.02. The third-order valence-corrected chi connectivity index (χ3v) is 2.35. The molecule has 0 aliphatic rings. The molecule has 0 aromatic heterocycles. The molecular weight excluding hydrogens is 228 g/mol. The van der Waals surface area contributed by atoms with E-state index in [0.717, 1.165) is 7.11 Å². The van der Waals surface area contributed by atoms with Crippen molar-refractivity contribution in [3.05, 3.63) is 0 Å². The lowest BCUT2D eigenvalue weighted by molar-refractivity contribution is 0.108. The molecule has 0 spiro atoms. The van der Waals surface area contributed by atoms with E-state index in [1.165, 1.54) is 0 Å². The molecule has 0 aromatic rings. The predicted molar refractivity (Wildman–Crippen MR) is 39.0 cm³/mol. The maximum atomic E-state index is 10.4. The molecule has 0 fully saturated rings. The Labute approximate surface area is 75.5 Å². The van der Waals surface area contributed by atoms with Gasteiger partial charge in [-0.2, -0.15) is 16.8 Å². The molecule has 0 rings (SSSR count). The number of aliphatic hydroxyl groups excluding tert-OH is 1. The molecule has 0 unspecified atom stereocenters. The first-order valence-electron chi connectivity index (χ1n) is 2.76. The average Bonchev–Trinajstić information content (AvgIpc) is 2.04. The highest BCUT2D eigenvalue weighted by molar-refractivity contribution is 7.86. The Balaban J connectivity index is 3.96. The van der Waals surface area contributed by atoms with Crippen LogP contribution in [0, 0.1) is 0 Å². The molecule has 0 aliphatic heterocycles. The van der Waals surface area contributed by atoms with Crippen LogP contribution in [0.5, 0.6) is 0 Å². The van der Waals surface area contributed by atoms with Crippen LogP contribution in [0.3, 0.4) is 0 Å². The Morgan fingerprint density at radius 1 is 1.15 bits per heavy atom. The summed E-state index contributed by atoms with van der Waals surface area (Å²) in [5.41, 5.74) is 0. The Morgan fingerprint density at radius 2 is 1.69 bits per heavy atom. The van der Waals surface area contributed by atoms with Crippen LogP contribution in [0.15, 0.2) is 0 Å². The zero-order valence-corrected chi connectivity index (χ0v) is 8.17. The Hall–Kier alpha value is -0.260. The number of hydrogen-bond donors (Lipinski definition) is 1. The zero-order valence-electron chi connectivity index (χ0n) is 6.54. The van der Waals surface area contributed by atoms with Crippen LogP contribution in [0.1, 0.15) is 0 Å². The van der Waals surface area contributed by atoms with Crippen molar-refractivity contribution in [2.24, 2.45) is 0 Å². The van der Waals surface area contributed by atoms with E-state index in [4.69, 9.17) is 5.11 Å². The van der Waals surface area contributed by atoms with Gasteiger partial charge in [0.2, 0.25) is 0 Å². The van der Waals surface area contributed by atoms with Crippen molar-refractivity contribution in [2.75, 3.05) is 19.8 Å². The van der Waals surface area contributed by atoms with Crippen LogP contribution in [0.4, 0.5) is 0 Å². The third-order valence-electron chi connectivity index (χ3n) is 0.782. The molecule has 13 heavy (non-hydrogen) atoms. The molecule has 8 nitrogen and oxygen atoms in total. The highest BCUT2D eigenvalue weighted by Crippen LogP contribution is 1.96. The van der Waals surface area contributed by atoms with E-state index >= 15 is 0 Å². The van der Waals surface area contributed by atoms with E-state index in [1.54, 1.807) is 0 Å². The first-order chi connectivity index (χ1) is 5.83. The molecule has 0 saturated carbocycles. The van der Waals surface area contributed by atoms with Crippen molar-refractivity contribution < 1.29 is 34.5 Å². The Kier molecular flexibility index (Phi) is 4.74. The zero-order chi connectivity index (χ0) is 10.5. The van der Waals surface area contributed by atoms with Crippen molar-refractivity contribution in [3.63, 3.8) is 0 Å². The largest absolute Gasteiger partial charge is 0.401 e. The van der Waals surface area contributed by atoms with Crippen LogP contribution in [-0.4, -0.2) is 41.8 Å². The third kappa shape index (κ3) is 5.90. The standard InChI is InChI=1S/C3H8O8S2/c1-9-13(7,8)11-3-10-12(5,6)2-4/h4H,2-3H2,1H3. The van der Waals surface area contributed by atoms with Gasteiger partial charge in [-0.25, -0.2) is 8.37 Å². The Bertz CT molecular complexity index is 290. The van der Waals surface area contributed by atoms with Gasteiger partial charge in [0.1, 0.15) is 0 Å². The first kappa shape index (κ1) is 12.7. The molecular formula is C3H8O8S2. The van der Waals surface area contributed by atoms with Crippen molar-refractivity contribution in [1.29, 1.82) is 0 Å². The fourth-order valence-electron chi connectivity index (χ4n) is 0.237. The van der Waals surface area contributed by atoms with Crippen LogP contribution in [-0.2, 0) is 33.1 Å². The van der Waals surface area contributed by atoms with Gasteiger partial charge in [-0.15, -0.1) is 0 Å². The maximum Gasteiger partial charge on any atom is 0.401 e. The average molecular weight is 236 g/mol. The lowest BCUT2D eigenvalue weighted by atomic mass is 11.6. The van der Waals surface area contributed by atoms with Gasteiger partial charge < -0.3 is 5.11 Å². The van der Waals surface area contributed by atoms with Crippen LogP contribution >= 0.6 is 0 Å². The molecule has 0 radical (unpaired) electrons.